The molecule has 2 rings (SSSR count). The molecule has 0 unspecified atom stereocenters. The Morgan fingerprint density at radius 2 is 1.78 bits per heavy atom. The van der Waals surface area contributed by atoms with Crippen molar-refractivity contribution in [3.8, 4) is 0 Å². The van der Waals surface area contributed by atoms with Crippen LogP contribution in [0, 0.1) is 0 Å². The summed E-state index contributed by atoms with van der Waals surface area (Å²) in [4.78, 5) is 24.7. The van der Waals surface area contributed by atoms with Crippen LogP contribution in [0.5, 0.6) is 0 Å². The molecular weight excluding hydrogens is 357 g/mol. The molecule has 0 saturated carbocycles. The van der Waals surface area contributed by atoms with Crippen LogP contribution in [0.1, 0.15) is 10.4 Å². The molecule has 0 radical (unpaired) electrons. The zero-order chi connectivity index (χ0) is 16.8. The van der Waals surface area contributed by atoms with Crippen molar-refractivity contribution in [2.45, 2.75) is 4.90 Å². The second-order valence-corrected chi connectivity index (χ2v) is 6.20. The Kier molecular flexibility index (Phi) is 6.33. The van der Waals surface area contributed by atoms with Gasteiger partial charge in [0.1, 0.15) is 0 Å². The number of benzene rings is 2. The lowest BCUT2D eigenvalue weighted by Crippen LogP contribution is -2.21. The first-order chi connectivity index (χ1) is 11.0. The molecule has 1 amide bonds. The van der Waals surface area contributed by atoms with E-state index >= 15 is 0 Å². The van der Waals surface area contributed by atoms with E-state index in [2.05, 4.69) is 5.32 Å². The number of thioether (sulfide) groups is 1. The number of halogens is 2. The first kappa shape index (κ1) is 17.7. The molecule has 0 aromatic heterocycles. The molecule has 0 saturated heterocycles. The molecule has 0 spiro atoms. The fourth-order valence-corrected chi connectivity index (χ4v) is 2.90. The van der Waals surface area contributed by atoms with E-state index in [-0.39, 0.29) is 5.56 Å². The van der Waals surface area contributed by atoms with E-state index in [1.807, 2.05) is 24.5 Å². The predicted octanol–water partition coefficient (Wildman–Crippen LogP) is 4.51. The quantitative estimate of drug-likeness (QED) is 0.622. The lowest BCUT2D eigenvalue weighted by molar-refractivity contribution is -0.119. The lowest BCUT2D eigenvalue weighted by atomic mass is 10.2. The van der Waals surface area contributed by atoms with Crippen LogP contribution in [0.4, 0.5) is 5.69 Å². The topological polar surface area (TPSA) is 55.4 Å². The van der Waals surface area contributed by atoms with Gasteiger partial charge in [-0.05, 0) is 36.6 Å². The van der Waals surface area contributed by atoms with Gasteiger partial charge >= 0.3 is 5.97 Å². The third-order valence-corrected chi connectivity index (χ3v) is 4.05. The van der Waals surface area contributed by atoms with Gasteiger partial charge in [0.25, 0.3) is 5.91 Å². The molecule has 2 aromatic carbocycles. The maximum Gasteiger partial charge on any atom is 0.338 e. The summed E-state index contributed by atoms with van der Waals surface area (Å²) in [6, 6.07) is 11.7. The Morgan fingerprint density at radius 1 is 1.13 bits per heavy atom. The molecule has 2 aromatic rings. The van der Waals surface area contributed by atoms with Gasteiger partial charge < -0.3 is 10.1 Å². The van der Waals surface area contributed by atoms with Gasteiger partial charge in [-0.1, -0.05) is 35.3 Å². The summed E-state index contributed by atoms with van der Waals surface area (Å²) in [5.74, 6) is -1.09. The summed E-state index contributed by atoms with van der Waals surface area (Å²) >= 11 is 13.2. The van der Waals surface area contributed by atoms with Crippen molar-refractivity contribution in [1.29, 1.82) is 0 Å². The number of amides is 1. The van der Waals surface area contributed by atoms with Crippen LogP contribution in [0.2, 0.25) is 10.0 Å². The van der Waals surface area contributed by atoms with Crippen molar-refractivity contribution in [3.05, 3.63) is 58.1 Å². The number of ether oxygens (including phenoxy) is 1. The van der Waals surface area contributed by atoms with Crippen molar-refractivity contribution in [2.24, 2.45) is 0 Å². The third-order valence-electron chi connectivity index (χ3n) is 2.81. The Labute approximate surface area is 148 Å². The van der Waals surface area contributed by atoms with Crippen LogP contribution in [-0.4, -0.2) is 24.7 Å². The number of carbonyl (C=O) groups excluding carboxylic acids is 2. The zero-order valence-corrected chi connectivity index (χ0v) is 14.5. The minimum Gasteiger partial charge on any atom is -0.452 e. The third kappa shape index (κ3) is 5.16. The van der Waals surface area contributed by atoms with Gasteiger partial charge in [-0.25, -0.2) is 4.79 Å². The minimum atomic E-state index is -0.664. The molecule has 7 heteroatoms. The number of esters is 1. The second kappa shape index (κ2) is 8.24. The molecule has 0 aliphatic heterocycles. The number of hydrogen-bond donors (Lipinski definition) is 1. The maximum absolute atomic E-state index is 11.9. The summed E-state index contributed by atoms with van der Waals surface area (Å²) in [5, 5.41) is 3.35. The standard InChI is InChI=1S/C16H13Cl2NO3S/c1-23-14-5-3-2-4-13(14)19-15(20)9-22-16(21)10-6-11(17)8-12(18)7-10/h2-8H,9H2,1H3,(H,19,20). The first-order valence-electron chi connectivity index (χ1n) is 6.55. The summed E-state index contributed by atoms with van der Waals surface area (Å²) in [5.41, 5.74) is 0.867. The molecule has 1 N–H and O–H groups in total. The van der Waals surface area contributed by atoms with Crippen molar-refractivity contribution >= 4 is 52.5 Å². The van der Waals surface area contributed by atoms with Crippen molar-refractivity contribution < 1.29 is 14.3 Å². The van der Waals surface area contributed by atoms with E-state index in [0.29, 0.717) is 15.7 Å². The van der Waals surface area contributed by atoms with Gasteiger partial charge in [0.15, 0.2) is 6.61 Å². The smallest absolute Gasteiger partial charge is 0.338 e. The summed E-state index contributed by atoms with van der Waals surface area (Å²) < 4.78 is 4.97. The Balaban J connectivity index is 1.95. The van der Waals surface area contributed by atoms with Crippen LogP contribution >= 0.6 is 35.0 Å². The van der Waals surface area contributed by atoms with Crippen molar-refractivity contribution in [3.63, 3.8) is 0 Å². The molecule has 0 aliphatic carbocycles. The number of rotatable bonds is 5. The molecule has 4 nitrogen and oxygen atoms in total. The zero-order valence-electron chi connectivity index (χ0n) is 12.1. The van der Waals surface area contributed by atoms with E-state index < -0.39 is 18.5 Å². The normalized spacial score (nSPS) is 10.2. The van der Waals surface area contributed by atoms with Crippen molar-refractivity contribution in [2.75, 3.05) is 18.2 Å². The molecule has 0 aliphatic rings. The van der Waals surface area contributed by atoms with Crippen LogP contribution in [0.3, 0.4) is 0 Å². The predicted molar refractivity (Wildman–Crippen MR) is 93.6 cm³/mol. The highest BCUT2D eigenvalue weighted by molar-refractivity contribution is 7.98. The Bertz CT molecular complexity index is 717. The summed E-state index contributed by atoms with van der Waals surface area (Å²) in [7, 11) is 0. The number of hydrogen-bond acceptors (Lipinski definition) is 4. The first-order valence-corrected chi connectivity index (χ1v) is 8.54. The Hall–Kier alpha value is -1.69. The van der Waals surface area contributed by atoms with Crippen LogP contribution < -0.4 is 5.32 Å². The van der Waals surface area contributed by atoms with Crippen LogP contribution in [-0.2, 0) is 9.53 Å². The van der Waals surface area contributed by atoms with Gasteiger partial charge in [-0.15, -0.1) is 11.8 Å². The van der Waals surface area contributed by atoms with Crippen LogP contribution in [0.25, 0.3) is 0 Å². The molecule has 0 atom stereocenters. The molecular formula is C16H13Cl2NO3S. The monoisotopic (exact) mass is 369 g/mol. The fourth-order valence-electron chi connectivity index (χ4n) is 1.82. The largest absolute Gasteiger partial charge is 0.452 e. The Morgan fingerprint density at radius 3 is 2.43 bits per heavy atom. The van der Waals surface area contributed by atoms with E-state index in [1.165, 1.54) is 30.0 Å². The number of anilines is 1. The molecule has 23 heavy (non-hydrogen) atoms. The SMILES string of the molecule is CSc1ccccc1NC(=O)COC(=O)c1cc(Cl)cc(Cl)c1. The fraction of sp³-hybridized carbons (Fsp3) is 0.125. The van der Waals surface area contributed by atoms with Crippen LogP contribution in [0.15, 0.2) is 47.4 Å². The minimum absolute atomic E-state index is 0.194. The average Bonchev–Trinajstić information content (AvgIpc) is 2.52. The molecule has 0 bridgehead atoms. The molecule has 0 heterocycles. The highest BCUT2D eigenvalue weighted by Crippen LogP contribution is 2.24. The second-order valence-electron chi connectivity index (χ2n) is 4.48. The maximum atomic E-state index is 11.9. The van der Waals surface area contributed by atoms with Gasteiger partial charge in [-0.3, -0.25) is 4.79 Å². The van der Waals surface area contributed by atoms with Gasteiger partial charge in [-0.2, -0.15) is 0 Å². The van der Waals surface area contributed by atoms with Gasteiger partial charge in [0.2, 0.25) is 0 Å². The van der Waals surface area contributed by atoms with E-state index in [0.717, 1.165) is 4.90 Å². The number of para-hydroxylation sites is 1. The van der Waals surface area contributed by atoms with E-state index in [9.17, 15) is 9.59 Å². The highest BCUT2D eigenvalue weighted by atomic mass is 35.5. The number of nitrogens with one attached hydrogen (secondary N) is 1. The summed E-state index contributed by atoms with van der Waals surface area (Å²) in [6.45, 7) is -0.397. The lowest BCUT2D eigenvalue weighted by Gasteiger charge is -2.09. The van der Waals surface area contributed by atoms with Gasteiger partial charge in [0.05, 0.1) is 11.3 Å². The highest BCUT2D eigenvalue weighted by Gasteiger charge is 2.13. The number of carbonyl (C=O) groups is 2. The average molecular weight is 370 g/mol. The summed E-state index contributed by atoms with van der Waals surface area (Å²) in [6.07, 6.45) is 1.91. The van der Waals surface area contributed by atoms with E-state index in [1.54, 1.807) is 6.07 Å². The molecule has 0 fully saturated rings. The van der Waals surface area contributed by atoms with Crippen molar-refractivity contribution in [1.82, 2.24) is 0 Å². The van der Waals surface area contributed by atoms with E-state index in [4.69, 9.17) is 27.9 Å². The molecule has 120 valence electrons. The van der Waals surface area contributed by atoms with Gasteiger partial charge in [0, 0.05) is 14.9 Å².